The summed E-state index contributed by atoms with van der Waals surface area (Å²) in [5.41, 5.74) is 5.51. The Morgan fingerprint density at radius 2 is 1.94 bits per heavy atom. The number of hydrogen-bond donors (Lipinski definition) is 1. The van der Waals surface area contributed by atoms with E-state index in [-0.39, 0.29) is 23.7 Å². The molecule has 1 aliphatic carbocycles. The van der Waals surface area contributed by atoms with Gasteiger partial charge in [0.05, 0.1) is 17.1 Å². The molecular formula is C11H23NO3S. The van der Waals surface area contributed by atoms with Crippen LogP contribution in [0.3, 0.4) is 0 Å². The van der Waals surface area contributed by atoms with Crippen LogP contribution in [-0.4, -0.2) is 38.7 Å². The van der Waals surface area contributed by atoms with Crippen LogP contribution in [0.5, 0.6) is 0 Å². The predicted molar refractivity (Wildman–Crippen MR) is 65.1 cm³/mol. The third-order valence-corrected chi connectivity index (χ3v) is 5.47. The van der Waals surface area contributed by atoms with Gasteiger partial charge in [-0.1, -0.05) is 19.3 Å². The highest BCUT2D eigenvalue weighted by molar-refractivity contribution is 7.92. The first kappa shape index (κ1) is 13.9. The molecule has 1 fully saturated rings. The van der Waals surface area contributed by atoms with Crippen molar-refractivity contribution in [1.29, 1.82) is 0 Å². The fraction of sp³-hybridized carbons (Fsp3) is 1.00. The minimum atomic E-state index is -3.02. The van der Waals surface area contributed by atoms with E-state index in [1.54, 1.807) is 0 Å². The summed E-state index contributed by atoms with van der Waals surface area (Å²) in [6.07, 6.45) is 4.52. The van der Waals surface area contributed by atoms with Crippen LogP contribution >= 0.6 is 0 Å². The molecule has 0 bridgehead atoms. The van der Waals surface area contributed by atoms with Gasteiger partial charge in [-0.15, -0.1) is 0 Å². The van der Waals surface area contributed by atoms with Crippen molar-refractivity contribution in [2.24, 2.45) is 5.73 Å². The maximum atomic E-state index is 12.1. The highest BCUT2D eigenvalue weighted by atomic mass is 32.2. The third kappa shape index (κ3) is 4.03. The van der Waals surface area contributed by atoms with E-state index in [0.717, 1.165) is 32.1 Å². The van der Waals surface area contributed by atoms with Crippen LogP contribution in [0.4, 0.5) is 0 Å². The number of nitrogens with two attached hydrogens (primary N) is 1. The van der Waals surface area contributed by atoms with Crippen molar-refractivity contribution in [3.63, 3.8) is 0 Å². The summed E-state index contributed by atoms with van der Waals surface area (Å²) in [5, 5.41) is -0.157. The van der Waals surface area contributed by atoms with Crippen molar-refractivity contribution >= 4 is 9.84 Å². The second-order valence-corrected chi connectivity index (χ2v) is 6.73. The Kier molecular flexibility index (Phi) is 5.72. The average Bonchev–Trinajstić information content (AvgIpc) is 2.29. The summed E-state index contributed by atoms with van der Waals surface area (Å²) >= 11 is 0. The van der Waals surface area contributed by atoms with E-state index in [9.17, 15) is 8.42 Å². The molecule has 1 unspecified atom stereocenters. The highest BCUT2D eigenvalue weighted by Gasteiger charge is 2.29. The van der Waals surface area contributed by atoms with Crippen LogP contribution in [0, 0.1) is 0 Å². The van der Waals surface area contributed by atoms with Gasteiger partial charge < -0.3 is 10.5 Å². The van der Waals surface area contributed by atoms with Crippen LogP contribution < -0.4 is 5.73 Å². The van der Waals surface area contributed by atoms with Gasteiger partial charge in [-0.05, 0) is 19.8 Å². The van der Waals surface area contributed by atoms with Gasteiger partial charge in [0.25, 0.3) is 0 Å². The van der Waals surface area contributed by atoms with Gasteiger partial charge in [0.2, 0.25) is 0 Å². The molecular weight excluding hydrogens is 226 g/mol. The zero-order valence-corrected chi connectivity index (χ0v) is 10.8. The molecule has 0 radical (unpaired) electrons. The van der Waals surface area contributed by atoms with Crippen molar-refractivity contribution in [1.82, 2.24) is 0 Å². The van der Waals surface area contributed by atoms with Crippen LogP contribution in [0.15, 0.2) is 0 Å². The van der Waals surface area contributed by atoms with Gasteiger partial charge in [0, 0.05) is 13.2 Å². The van der Waals surface area contributed by atoms with E-state index in [2.05, 4.69) is 0 Å². The largest absolute Gasteiger partial charge is 0.376 e. The van der Waals surface area contributed by atoms with Crippen LogP contribution in [0.1, 0.15) is 39.0 Å². The Morgan fingerprint density at radius 1 is 1.31 bits per heavy atom. The topological polar surface area (TPSA) is 69.4 Å². The van der Waals surface area contributed by atoms with Crippen LogP contribution in [0.2, 0.25) is 0 Å². The lowest BCUT2D eigenvalue weighted by molar-refractivity contribution is 0.0844. The van der Waals surface area contributed by atoms with E-state index in [1.807, 2.05) is 6.92 Å². The maximum Gasteiger partial charge on any atom is 0.155 e. The number of hydrogen-bond acceptors (Lipinski definition) is 4. The molecule has 0 spiro atoms. The second-order valence-electron chi connectivity index (χ2n) is 4.40. The molecule has 1 atom stereocenters. The first-order valence-corrected chi connectivity index (χ1v) is 7.85. The Balaban J connectivity index is 2.54. The van der Waals surface area contributed by atoms with Gasteiger partial charge in [-0.25, -0.2) is 8.42 Å². The Bertz CT molecular complexity index is 284. The molecule has 4 nitrogen and oxygen atoms in total. The van der Waals surface area contributed by atoms with Gasteiger partial charge >= 0.3 is 0 Å². The summed E-state index contributed by atoms with van der Waals surface area (Å²) in [5.74, 6) is 0.0853. The fourth-order valence-electron chi connectivity index (χ4n) is 2.24. The second kappa shape index (κ2) is 6.57. The smallest absolute Gasteiger partial charge is 0.155 e. The Morgan fingerprint density at radius 3 is 2.44 bits per heavy atom. The summed E-state index contributed by atoms with van der Waals surface area (Å²) < 4.78 is 29.5. The molecule has 0 aromatic carbocycles. The molecule has 0 amide bonds. The van der Waals surface area contributed by atoms with Gasteiger partial charge in [0.1, 0.15) is 0 Å². The van der Waals surface area contributed by atoms with E-state index in [1.165, 1.54) is 0 Å². The number of sulfone groups is 1. The van der Waals surface area contributed by atoms with Crippen molar-refractivity contribution < 1.29 is 13.2 Å². The summed E-state index contributed by atoms with van der Waals surface area (Å²) in [7, 11) is -3.02. The number of ether oxygens (including phenoxy) is 1. The van der Waals surface area contributed by atoms with Crippen LogP contribution in [-0.2, 0) is 14.6 Å². The molecule has 5 heteroatoms. The van der Waals surface area contributed by atoms with E-state index in [4.69, 9.17) is 10.5 Å². The molecule has 0 heterocycles. The lowest BCUT2D eigenvalue weighted by Gasteiger charge is -2.24. The average molecular weight is 249 g/mol. The Labute approximate surface area is 98.5 Å². The monoisotopic (exact) mass is 249 g/mol. The van der Waals surface area contributed by atoms with Crippen molar-refractivity contribution in [3.8, 4) is 0 Å². The molecule has 0 aromatic heterocycles. The zero-order valence-electron chi connectivity index (χ0n) is 10.0. The minimum absolute atomic E-state index is 0.0853. The summed E-state index contributed by atoms with van der Waals surface area (Å²) in [4.78, 5) is 0. The highest BCUT2D eigenvalue weighted by Crippen LogP contribution is 2.24. The van der Waals surface area contributed by atoms with Crippen LogP contribution in [0.25, 0.3) is 0 Å². The van der Waals surface area contributed by atoms with Crippen molar-refractivity contribution in [3.05, 3.63) is 0 Å². The molecule has 0 aromatic rings. The van der Waals surface area contributed by atoms with E-state index < -0.39 is 9.84 Å². The van der Waals surface area contributed by atoms with Gasteiger partial charge in [0.15, 0.2) is 9.84 Å². The lowest BCUT2D eigenvalue weighted by Crippen LogP contribution is -2.36. The SMILES string of the molecule is CCOC(CN)CS(=O)(=O)C1CCCCC1. The molecule has 1 aliphatic rings. The minimum Gasteiger partial charge on any atom is -0.376 e. The summed E-state index contributed by atoms with van der Waals surface area (Å²) in [6, 6.07) is 0. The van der Waals surface area contributed by atoms with Crippen molar-refractivity contribution in [2.45, 2.75) is 50.4 Å². The van der Waals surface area contributed by atoms with Gasteiger partial charge in [-0.2, -0.15) is 0 Å². The molecule has 0 saturated heterocycles. The summed E-state index contributed by atoms with van der Waals surface area (Å²) in [6.45, 7) is 2.65. The Hall–Kier alpha value is -0.130. The molecule has 0 aliphatic heterocycles. The number of rotatable bonds is 6. The standard InChI is InChI=1S/C11H23NO3S/c1-2-15-10(8-12)9-16(13,14)11-6-4-3-5-7-11/h10-11H,2-9,12H2,1H3. The van der Waals surface area contributed by atoms with Gasteiger partial charge in [-0.3, -0.25) is 0 Å². The normalized spacial score (nSPS) is 20.9. The van der Waals surface area contributed by atoms with Crippen molar-refractivity contribution in [2.75, 3.05) is 18.9 Å². The first-order valence-electron chi connectivity index (χ1n) is 6.13. The molecule has 16 heavy (non-hydrogen) atoms. The lowest BCUT2D eigenvalue weighted by atomic mass is 10.0. The maximum absolute atomic E-state index is 12.1. The molecule has 1 saturated carbocycles. The van der Waals surface area contributed by atoms with E-state index in [0.29, 0.717) is 6.61 Å². The predicted octanol–water partition coefficient (Wildman–Crippen LogP) is 1.10. The quantitative estimate of drug-likeness (QED) is 0.765. The first-order chi connectivity index (χ1) is 7.60. The molecule has 96 valence electrons. The molecule has 2 N–H and O–H groups in total. The van der Waals surface area contributed by atoms with E-state index >= 15 is 0 Å². The molecule has 1 rings (SSSR count). The third-order valence-electron chi connectivity index (χ3n) is 3.14. The zero-order chi connectivity index (χ0) is 12.0. The fourth-order valence-corrected chi connectivity index (χ4v) is 4.31.